The van der Waals surface area contributed by atoms with Crippen LogP contribution in [0.25, 0.3) is 0 Å². The first-order valence-electron chi connectivity index (χ1n) is 7.30. The molecule has 0 atom stereocenters. The summed E-state index contributed by atoms with van der Waals surface area (Å²) < 4.78 is 27.2. The van der Waals surface area contributed by atoms with Gasteiger partial charge >= 0.3 is 0 Å². The summed E-state index contributed by atoms with van der Waals surface area (Å²) in [6.07, 6.45) is 1.65. The van der Waals surface area contributed by atoms with Gasteiger partial charge < -0.3 is 10.2 Å². The van der Waals surface area contributed by atoms with Gasteiger partial charge in [-0.1, -0.05) is 17.7 Å². The standard InChI is InChI=1S/C15H20ClN5O2S/c1-11-13(16)5-4-6-14(11)24(22,23)19-8-7-17-15-9-12(21(2)3)10-18-20-15/h4-6,9-10,19H,7-8H2,1-3H3,(H,17,20). The molecule has 0 aliphatic carbocycles. The molecule has 0 aliphatic heterocycles. The number of anilines is 2. The lowest BCUT2D eigenvalue weighted by molar-refractivity contribution is 0.582. The predicted molar refractivity (Wildman–Crippen MR) is 96.2 cm³/mol. The molecule has 1 aromatic heterocycles. The third-order valence-corrected chi connectivity index (χ3v) is 5.40. The van der Waals surface area contributed by atoms with Gasteiger partial charge in [-0.25, -0.2) is 13.1 Å². The molecule has 1 aromatic carbocycles. The van der Waals surface area contributed by atoms with Crippen LogP contribution >= 0.6 is 11.6 Å². The molecule has 0 spiro atoms. The minimum Gasteiger partial charge on any atom is -0.376 e. The van der Waals surface area contributed by atoms with Gasteiger partial charge in [-0.3, -0.25) is 0 Å². The smallest absolute Gasteiger partial charge is 0.240 e. The Kier molecular flexibility index (Phi) is 5.98. The number of nitrogens with zero attached hydrogens (tertiary/aromatic N) is 3. The third kappa shape index (κ3) is 4.56. The van der Waals surface area contributed by atoms with Crippen LogP contribution in [-0.4, -0.2) is 45.8 Å². The number of hydrogen-bond acceptors (Lipinski definition) is 6. The molecule has 2 rings (SSSR count). The van der Waals surface area contributed by atoms with Crippen LogP contribution in [0.1, 0.15) is 5.56 Å². The maximum Gasteiger partial charge on any atom is 0.240 e. The van der Waals surface area contributed by atoms with E-state index in [0.717, 1.165) is 5.69 Å². The van der Waals surface area contributed by atoms with E-state index in [1.807, 2.05) is 25.1 Å². The van der Waals surface area contributed by atoms with Crippen molar-refractivity contribution in [2.45, 2.75) is 11.8 Å². The second-order valence-corrected chi connectivity index (χ2v) is 7.52. The SMILES string of the molecule is Cc1c(Cl)cccc1S(=O)(=O)NCCNc1cc(N(C)C)cnn1. The van der Waals surface area contributed by atoms with Crippen molar-refractivity contribution in [3.63, 3.8) is 0 Å². The third-order valence-electron chi connectivity index (χ3n) is 3.39. The van der Waals surface area contributed by atoms with Gasteiger partial charge in [0.05, 0.1) is 16.8 Å². The number of halogens is 1. The number of hydrogen-bond donors (Lipinski definition) is 2. The molecule has 1 heterocycles. The van der Waals surface area contributed by atoms with Crippen molar-refractivity contribution < 1.29 is 8.42 Å². The molecule has 2 aromatic rings. The number of benzene rings is 1. The van der Waals surface area contributed by atoms with Crippen molar-refractivity contribution in [3.05, 3.63) is 41.0 Å². The molecule has 0 amide bonds. The molecule has 0 radical (unpaired) electrons. The van der Waals surface area contributed by atoms with Crippen molar-refractivity contribution in [3.8, 4) is 0 Å². The average Bonchev–Trinajstić information content (AvgIpc) is 2.54. The Morgan fingerprint density at radius 2 is 2.00 bits per heavy atom. The van der Waals surface area contributed by atoms with Crippen LogP contribution in [0.4, 0.5) is 11.5 Å². The minimum absolute atomic E-state index is 0.185. The lowest BCUT2D eigenvalue weighted by Gasteiger charge is -2.13. The van der Waals surface area contributed by atoms with E-state index in [-0.39, 0.29) is 11.4 Å². The van der Waals surface area contributed by atoms with Crippen molar-refractivity contribution >= 4 is 33.1 Å². The summed E-state index contributed by atoms with van der Waals surface area (Å²) in [4.78, 5) is 2.09. The fourth-order valence-corrected chi connectivity index (χ4v) is 3.55. The van der Waals surface area contributed by atoms with E-state index < -0.39 is 10.0 Å². The molecule has 0 bridgehead atoms. The van der Waals surface area contributed by atoms with E-state index in [9.17, 15) is 8.42 Å². The zero-order valence-electron chi connectivity index (χ0n) is 13.7. The Hall–Kier alpha value is -1.90. The normalized spacial score (nSPS) is 11.3. The molecule has 7 nitrogen and oxygen atoms in total. The molecule has 130 valence electrons. The molecular weight excluding hydrogens is 350 g/mol. The summed E-state index contributed by atoms with van der Waals surface area (Å²) in [6, 6.07) is 6.64. The summed E-state index contributed by atoms with van der Waals surface area (Å²) in [6.45, 7) is 2.27. The highest BCUT2D eigenvalue weighted by atomic mass is 35.5. The number of nitrogens with one attached hydrogen (secondary N) is 2. The van der Waals surface area contributed by atoms with Gasteiger partial charge in [-0.15, -0.1) is 5.10 Å². The lowest BCUT2D eigenvalue weighted by Crippen LogP contribution is -2.29. The van der Waals surface area contributed by atoms with Crippen LogP contribution < -0.4 is 14.9 Å². The van der Waals surface area contributed by atoms with Gasteiger partial charge in [0, 0.05) is 38.3 Å². The Bertz CT molecular complexity index is 811. The maximum absolute atomic E-state index is 12.3. The van der Waals surface area contributed by atoms with Crippen molar-refractivity contribution in [1.29, 1.82) is 0 Å². The second-order valence-electron chi connectivity index (χ2n) is 5.38. The molecule has 0 fully saturated rings. The van der Waals surface area contributed by atoms with Gasteiger partial charge in [0.1, 0.15) is 0 Å². The summed E-state index contributed by atoms with van der Waals surface area (Å²) in [5.74, 6) is 0.583. The van der Waals surface area contributed by atoms with Crippen LogP contribution in [-0.2, 0) is 10.0 Å². The van der Waals surface area contributed by atoms with E-state index in [2.05, 4.69) is 20.2 Å². The Morgan fingerprint density at radius 3 is 2.71 bits per heavy atom. The topological polar surface area (TPSA) is 87.2 Å². The van der Waals surface area contributed by atoms with E-state index >= 15 is 0 Å². The minimum atomic E-state index is -3.61. The Balaban J connectivity index is 1.94. The predicted octanol–water partition coefficient (Wildman–Crippen LogP) is 1.89. The van der Waals surface area contributed by atoms with E-state index in [1.165, 1.54) is 6.07 Å². The quantitative estimate of drug-likeness (QED) is 0.725. The van der Waals surface area contributed by atoms with Crippen LogP contribution in [0, 0.1) is 6.92 Å². The number of sulfonamides is 1. The van der Waals surface area contributed by atoms with Crippen molar-refractivity contribution in [2.24, 2.45) is 0 Å². The molecule has 24 heavy (non-hydrogen) atoms. The molecule has 0 saturated carbocycles. The zero-order valence-corrected chi connectivity index (χ0v) is 15.3. The van der Waals surface area contributed by atoms with Crippen molar-refractivity contribution in [2.75, 3.05) is 37.4 Å². The molecule has 9 heteroatoms. The summed E-state index contributed by atoms with van der Waals surface area (Å²) >= 11 is 5.98. The molecule has 0 saturated heterocycles. The number of aromatic nitrogens is 2. The molecule has 0 unspecified atom stereocenters. The van der Waals surface area contributed by atoms with Crippen molar-refractivity contribution in [1.82, 2.24) is 14.9 Å². The first-order chi connectivity index (χ1) is 11.3. The highest BCUT2D eigenvalue weighted by Gasteiger charge is 2.17. The summed E-state index contributed by atoms with van der Waals surface area (Å²) in [7, 11) is 0.202. The van der Waals surface area contributed by atoms with Gasteiger partial charge in [0.25, 0.3) is 0 Å². The van der Waals surface area contributed by atoms with E-state index in [1.54, 1.807) is 25.3 Å². The van der Waals surface area contributed by atoms with E-state index in [0.29, 0.717) is 22.9 Å². The monoisotopic (exact) mass is 369 g/mol. The van der Waals surface area contributed by atoms with Crippen LogP contribution in [0.5, 0.6) is 0 Å². The largest absolute Gasteiger partial charge is 0.376 e. The second kappa shape index (κ2) is 7.78. The van der Waals surface area contributed by atoms with Gasteiger partial charge in [0.2, 0.25) is 10.0 Å². The molecular formula is C15H20ClN5O2S. The summed E-state index contributed by atoms with van der Waals surface area (Å²) in [5.41, 5.74) is 1.44. The highest BCUT2D eigenvalue weighted by molar-refractivity contribution is 7.89. The van der Waals surface area contributed by atoms with Gasteiger partial charge in [-0.2, -0.15) is 5.10 Å². The van der Waals surface area contributed by atoms with E-state index in [4.69, 9.17) is 11.6 Å². The molecule has 2 N–H and O–H groups in total. The average molecular weight is 370 g/mol. The Labute approximate surface area is 147 Å². The lowest BCUT2D eigenvalue weighted by atomic mass is 10.2. The van der Waals surface area contributed by atoms with Gasteiger partial charge in [-0.05, 0) is 24.6 Å². The first-order valence-corrected chi connectivity index (χ1v) is 9.16. The summed E-state index contributed by atoms with van der Waals surface area (Å²) in [5, 5.41) is 11.3. The van der Waals surface area contributed by atoms with Gasteiger partial charge in [0.15, 0.2) is 5.82 Å². The fraction of sp³-hybridized carbons (Fsp3) is 0.333. The number of rotatable bonds is 7. The van der Waals surface area contributed by atoms with Crippen LogP contribution in [0.2, 0.25) is 5.02 Å². The highest BCUT2D eigenvalue weighted by Crippen LogP contribution is 2.22. The zero-order chi connectivity index (χ0) is 17.7. The maximum atomic E-state index is 12.3. The Morgan fingerprint density at radius 1 is 1.25 bits per heavy atom. The van der Waals surface area contributed by atoms with Crippen LogP contribution in [0.3, 0.4) is 0 Å². The first kappa shape index (κ1) is 18.4. The fourth-order valence-electron chi connectivity index (χ4n) is 2.02. The molecule has 0 aliphatic rings. The van der Waals surface area contributed by atoms with Crippen LogP contribution in [0.15, 0.2) is 35.4 Å².